The first kappa shape index (κ1) is 15.2. The van der Waals surface area contributed by atoms with E-state index in [1.165, 1.54) is 24.1 Å². The van der Waals surface area contributed by atoms with Gasteiger partial charge in [0.2, 0.25) is 0 Å². The molecule has 1 heterocycles. The van der Waals surface area contributed by atoms with Gasteiger partial charge in [0.05, 0.1) is 31.8 Å². The van der Waals surface area contributed by atoms with Gasteiger partial charge < -0.3 is 19.5 Å². The van der Waals surface area contributed by atoms with Crippen LogP contribution >= 0.6 is 0 Å². The van der Waals surface area contributed by atoms with Crippen molar-refractivity contribution in [2.75, 3.05) is 26.8 Å². The van der Waals surface area contributed by atoms with Crippen LogP contribution in [0.25, 0.3) is 0 Å². The van der Waals surface area contributed by atoms with Crippen LogP contribution in [0.15, 0.2) is 18.2 Å². The molecule has 0 saturated carbocycles. The molecule has 1 aromatic rings. The summed E-state index contributed by atoms with van der Waals surface area (Å²) in [5.74, 6) is -1.94. The van der Waals surface area contributed by atoms with E-state index in [4.69, 9.17) is 9.84 Å². The average molecular weight is 297 g/mol. The summed E-state index contributed by atoms with van der Waals surface area (Å²) in [4.78, 5) is 24.9. The predicted octanol–water partition coefficient (Wildman–Crippen LogP) is 0.935. The fourth-order valence-corrected chi connectivity index (χ4v) is 2.14. The van der Waals surface area contributed by atoms with Gasteiger partial charge in [-0.1, -0.05) is 0 Å². The third-order valence-corrected chi connectivity index (χ3v) is 3.23. The van der Waals surface area contributed by atoms with Crippen LogP contribution in [-0.2, 0) is 14.3 Å². The van der Waals surface area contributed by atoms with Crippen LogP contribution in [0.2, 0.25) is 0 Å². The van der Waals surface area contributed by atoms with Crippen LogP contribution in [0.3, 0.4) is 0 Å². The molecule has 21 heavy (non-hydrogen) atoms. The van der Waals surface area contributed by atoms with E-state index in [9.17, 15) is 14.0 Å². The van der Waals surface area contributed by atoms with Gasteiger partial charge in [0.1, 0.15) is 11.6 Å². The maximum Gasteiger partial charge on any atom is 0.308 e. The van der Waals surface area contributed by atoms with E-state index in [-0.39, 0.29) is 30.9 Å². The van der Waals surface area contributed by atoms with Gasteiger partial charge in [0.25, 0.3) is 5.91 Å². The lowest BCUT2D eigenvalue weighted by Gasteiger charge is -2.32. The maximum atomic E-state index is 13.7. The number of morpholine rings is 1. The molecule has 0 spiro atoms. The van der Waals surface area contributed by atoms with Crippen molar-refractivity contribution in [3.8, 4) is 5.75 Å². The van der Waals surface area contributed by atoms with Crippen molar-refractivity contribution in [2.45, 2.75) is 12.5 Å². The fraction of sp³-hybridized carbons (Fsp3) is 0.429. The molecule has 114 valence electrons. The van der Waals surface area contributed by atoms with Crippen molar-refractivity contribution in [3.05, 3.63) is 29.6 Å². The molecular weight excluding hydrogens is 281 g/mol. The average Bonchev–Trinajstić information content (AvgIpc) is 2.47. The SMILES string of the molecule is COC(=O)CC1CN(C(=O)c2ccc(O)cc2F)CCO1. The number of nitrogens with zero attached hydrogens (tertiary/aromatic N) is 1. The highest BCUT2D eigenvalue weighted by atomic mass is 19.1. The molecular formula is C14H16FNO5. The normalized spacial score (nSPS) is 18.4. The van der Waals surface area contributed by atoms with Crippen LogP contribution in [0.5, 0.6) is 5.75 Å². The highest BCUT2D eigenvalue weighted by Gasteiger charge is 2.28. The van der Waals surface area contributed by atoms with Crippen molar-refractivity contribution < 1.29 is 28.6 Å². The number of amides is 1. The topological polar surface area (TPSA) is 76.1 Å². The Kier molecular flexibility index (Phi) is 4.74. The zero-order valence-electron chi connectivity index (χ0n) is 11.5. The van der Waals surface area contributed by atoms with Gasteiger partial charge in [0, 0.05) is 19.2 Å². The molecule has 1 N–H and O–H groups in total. The smallest absolute Gasteiger partial charge is 0.308 e. The van der Waals surface area contributed by atoms with E-state index in [0.29, 0.717) is 6.54 Å². The van der Waals surface area contributed by atoms with Gasteiger partial charge >= 0.3 is 5.97 Å². The number of benzene rings is 1. The second-order valence-electron chi connectivity index (χ2n) is 4.69. The molecule has 1 aliphatic rings. The number of methoxy groups -OCH3 is 1. The standard InChI is InChI=1S/C14H16FNO5/c1-20-13(18)7-10-8-16(4-5-21-10)14(19)11-3-2-9(17)6-12(11)15/h2-3,6,10,17H,4-5,7-8H2,1H3. The molecule has 0 bridgehead atoms. The van der Waals surface area contributed by atoms with Crippen LogP contribution in [0.1, 0.15) is 16.8 Å². The molecule has 6 nitrogen and oxygen atoms in total. The molecule has 1 fully saturated rings. The summed E-state index contributed by atoms with van der Waals surface area (Å²) < 4.78 is 23.6. The first-order chi connectivity index (χ1) is 10.0. The predicted molar refractivity (Wildman–Crippen MR) is 70.3 cm³/mol. The maximum absolute atomic E-state index is 13.7. The fourth-order valence-electron chi connectivity index (χ4n) is 2.14. The molecule has 7 heteroatoms. The summed E-state index contributed by atoms with van der Waals surface area (Å²) >= 11 is 0. The molecule has 0 radical (unpaired) electrons. The number of phenols is 1. The molecule has 1 atom stereocenters. The van der Waals surface area contributed by atoms with Gasteiger partial charge in [0.15, 0.2) is 0 Å². The monoisotopic (exact) mass is 297 g/mol. The Hall–Kier alpha value is -2.15. The van der Waals surface area contributed by atoms with E-state index in [2.05, 4.69) is 4.74 Å². The second kappa shape index (κ2) is 6.53. The van der Waals surface area contributed by atoms with Gasteiger partial charge in [-0.05, 0) is 12.1 Å². The Morgan fingerprint density at radius 2 is 2.29 bits per heavy atom. The molecule has 2 rings (SSSR count). The summed E-state index contributed by atoms with van der Waals surface area (Å²) in [6, 6.07) is 3.38. The molecule has 1 aromatic carbocycles. The van der Waals surface area contributed by atoms with E-state index in [0.717, 1.165) is 6.07 Å². The first-order valence-corrected chi connectivity index (χ1v) is 6.47. The van der Waals surface area contributed by atoms with Crippen LogP contribution < -0.4 is 0 Å². The van der Waals surface area contributed by atoms with Gasteiger partial charge in [-0.2, -0.15) is 0 Å². The summed E-state index contributed by atoms with van der Waals surface area (Å²) in [7, 11) is 1.28. The van der Waals surface area contributed by atoms with E-state index < -0.39 is 23.8 Å². The third kappa shape index (κ3) is 3.69. The number of carbonyl (C=O) groups is 2. The third-order valence-electron chi connectivity index (χ3n) is 3.23. The summed E-state index contributed by atoms with van der Waals surface area (Å²) in [5.41, 5.74) is -0.119. The largest absolute Gasteiger partial charge is 0.508 e. The lowest BCUT2D eigenvalue weighted by atomic mass is 10.1. The number of esters is 1. The Bertz CT molecular complexity index is 548. The number of rotatable bonds is 3. The number of halogens is 1. The molecule has 1 unspecified atom stereocenters. The number of phenolic OH excluding ortho intramolecular Hbond substituents is 1. The highest BCUT2D eigenvalue weighted by molar-refractivity contribution is 5.94. The van der Waals surface area contributed by atoms with Crippen molar-refractivity contribution in [3.63, 3.8) is 0 Å². The minimum atomic E-state index is -0.781. The summed E-state index contributed by atoms with van der Waals surface area (Å²) in [6.45, 7) is 0.776. The number of aromatic hydroxyl groups is 1. The van der Waals surface area contributed by atoms with Crippen molar-refractivity contribution >= 4 is 11.9 Å². The van der Waals surface area contributed by atoms with Crippen molar-refractivity contribution in [2.24, 2.45) is 0 Å². The van der Waals surface area contributed by atoms with E-state index in [1.54, 1.807) is 0 Å². The van der Waals surface area contributed by atoms with E-state index >= 15 is 0 Å². The Morgan fingerprint density at radius 3 is 2.95 bits per heavy atom. The lowest BCUT2D eigenvalue weighted by Crippen LogP contribution is -2.46. The van der Waals surface area contributed by atoms with E-state index in [1.807, 2.05) is 0 Å². The molecule has 1 saturated heterocycles. The molecule has 1 amide bonds. The van der Waals surface area contributed by atoms with Crippen LogP contribution in [0.4, 0.5) is 4.39 Å². The zero-order chi connectivity index (χ0) is 15.4. The second-order valence-corrected chi connectivity index (χ2v) is 4.69. The lowest BCUT2D eigenvalue weighted by molar-refractivity contribution is -0.145. The number of ether oxygens (including phenoxy) is 2. The van der Waals surface area contributed by atoms with Crippen LogP contribution in [-0.4, -0.2) is 54.8 Å². The number of carbonyl (C=O) groups excluding carboxylic acids is 2. The van der Waals surface area contributed by atoms with Crippen molar-refractivity contribution in [1.82, 2.24) is 4.90 Å². The summed E-state index contributed by atoms with van der Waals surface area (Å²) in [5, 5.41) is 9.16. The quantitative estimate of drug-likeness (QED) is 0.840. The Labute approximate surface area is 121 Å². The Morgan fingerprint density at radius 1 is 1.52 bits per heavy atom. The summed E-state index contributed by atoms with van der Waals surface area (Å²) in [6.07, 6.45) is -0.423. The highest BCUT2D eigenvalue weighted by Crippen LogP contribution is 2.19. The zero-order valence-corrected chi connectivity index (χ0v) is 11.5. The van der Waals surface area contributed by atoms with Crippen LogP contribution in [0, 0.1) is 5.82 Å². The minimum Gasteiger partial charge on any atom is -0.508 e. The van der Waals surface area contributed by atoms with Gasteiger partial charge in [-0.25, -0.2) is 4.39 Å². The van der Waals surface area contributed by atoms with Crippen molar-refractivity contribution in [1.29, 1.82) is 0 Å². The molecule has 0 aliphatic carbocycles. The van der Waals surface area contributed by atoms with Gasteiger partial charge in [-0.15, -0.1) is 0 Å². The first-order valence-electron chi connectivity index (χ1n) is 6.47. The molecule has 0 aromatic heterocycles. The molecule has 1 aliphatic heterocycles. The number of hydrogen-bond donors (Lipinski definition) is 1. The Balaban J connectivity index is 2.06. The van der Waals surface area contributed by atoms with Gasteiger partial charge in [-0.3, -0.25) is 9.59 Å². The minimum absolute atomic E-state index is 0.0400. The number of hydrogen-bond acceptors (Lipinski definition) is 5.